The third-order valence-corrected chi connectivity index (χ3v) is 2.99. The predicted molar refractivity (Wildman–Crippen MR) is 59.9 cm³/mol. The molecule has 0 fully saturated rings. The number of benzene rings is 1. The van der Waals surface area contributed by atoms with E-state index in [0.29, 0.717) is 6.92 Å². The molecule has 118 valence electrons. The summed E-state index contributed by atoms with van der Waals surface area (Å²) in [5, 5.41) is 1.53. The third kappa shape index (κ3) is 3.11. The maximum absolute atomic E-state index is 12.8. The van der Waals surface area contributed by atoms with Crippen LogP contribution in [0.3, 0.4) is 0 Å². The molecule has 0 unspecified atom stereocenters. The molecule has 0 aliphatic rings. The summed E-state index contributed by atoms with van der Waals surface area (Å²) in [4.78, 5) is 11.6. The minimum Gasteiger partial charge on any atom is -0.325 e. The molecule has 0 aliphatic carbocycles. The zero-order valence-corrected chi connectivity index (χ0v) is 10.6. The molecule has 1 amide bonds. The number of halogens is 7. The zero-order valence-electron chi connectivity index (χ0n) is 10.6. The van der Waals surface area contributed by atoms with E-state index in [4.69, 9.17) is 0 Å². The molecule has 0 bridgehead atoms. The standard InChI is InChI=1S/C12H10F7NO/c1-2-10(11(14,15)16,12(17,18)19)9(21)20-8-5-3-7(13)4-6-8/h3-6H,2H2,1H3,(H,20,21). The lowest BCUT2D eigenvalue weighted by Crippen LogP contribution is -2.57. The van der Waals surface area contributed by atoms with Crippen LogP contribution in [-0.2, 0) is 4.79 Å². The molecule has 1 aromatic carbocycles. The van der Waals surface area contributed by atoms with E-state index in [-0.39, 0.29) is 5.69 Å². The Hall–Kier alpha value is -1.80. The molecule has 0 atom stereocenters. The van der Waals surface area contributed by atoms with Crippen molar-refractivity contribution in [2.45, 2.75) is 25.7 Å². The van der Waals surface area contributed by atoms with Crippen molar-refractivity contribution in [1.82, 2.24) is 0 Å². The minimum atomic E-state index is -5.82. The van der Waals surface area contributed by atoms with E-state index in [1.165, 1.54) is 5.32 Å². The van der Waals surface area contributed by atoms with Crippen molar-refractivity contribution in [1.29, 1.82) is 0 Å². The molecular formula is C12H10F7NO. The van der Waals surface area contributed by atoms with Crippen LogP contribution in [-0.4, -0.2) is 18.3 Å². The van der Waals surface area contributed by atoms with Crippen LogP contribution in [0.4, 0.5) is 36.4 Å². The number of rotatable bonds is 3. The third-order valence-electron chi connectivity index (χ3n) is 2.99. The number of nitrogens with one attached hydrogen (secondary N) is 1. The van der Waals surface area contributed by atoms with Gasteiger partial charge in [-0.15, -0.1) is 0 Å². The minimum absolute atomic E-state index is 0.368. The number of hydrogen-bond acceptors (Lipinski definition) is 1. The van der Waals surface area contributed by atoms with Crippen LogP contribution in [0.5, 0.6) is 0 Å². The average molecular weight is 317 g/mol. The van der Waals surface area contributed by atoms with E-state index >= 15 is 0 Å². The fourth-order valence-corrected chi connectivity index (χ4v) is 1.75. The van der Waals surface area contributed by atoms with Crippen molar-refractivity contribution in [3.63, 3.8) is 0 Å². The predicted octanol–water partition coefficient (Wildman–Crippen LogP) is 4.29. The summed E-state index contributed by atoms with van der Waals surface area (Å²) in [6, 6.07) is 3.32. The van der Waals surface area contributed by atoms with Gasteiger partial charge in [0.2, 0.25) is 11.3 Å². The maximum Gasteiger partial charge on any atom is 0.412 e. The number of amides is 1. The van der Waals surface area contributed by atoms with E-state index in [1.54, 1.807) is 0 Å². The highest BCUT2D eigenvalue weighted by molar-refractivity contribution is 5.96. The first-order chi connectivity index (χ1) is 9.45. The lowest BCUT2D eigenvalue weighted by atomic mass is 9.82. The van der Waals surface area contributed by atoms with Crippen molar-refractivity contribution in [3.8, 4) is 0 Å². The smallest absolute Gasteiger partial charge is 0.325 e. The molecule has 0 aromatic heterocycles. The van der Waals surface area contributed by atoms with Crippen LogP contribution in [0, 0.1) is 11.2 Å². The fourth-order valence-electron chi connectivity index (χ4n) is 1.75. The summed E-state index contributed by atoms with van der Waals surface area (Å²) in [5.41, 5.74) is -4.89. The molecule has 0 radical (unpaired) electrons. The van der Waals surface area contributed by atoms with Crippen LogP contribution in [0.25, 0.3) is 0 Å². The Balaban J connectivity index is 3.21. The molecule has 2 nitrogen and oxygen atoms in total. The van der Waals surface area contributed by atoms with E-state index in [2.05, 4.69) is 0 Å². The Bertz CT molecular complexity index is 490. The van der Waals surface area contributed by atoms with E-state index in [9.17, 15) is 35.5 Å². The van der Waals surface area contributed by atoms with Gasteiger partial charge in [-0.1, -0.05) is 6.92 Å². The van der Waals surface area contributed by atoms with Gasteiger partial charge in [0.05, 0.1) is 0 Å². The molecule has 1 N–H and O–H groups in total. The SMILES string of the molecule is CCC(C(=O)Nc1ccc(F)cc1)(C(F)(F)F)C(F)(F)F. The van der Waals surface area contributed by atoms with Gasteiger partial charge in [-0.05, 0) is 30.7 Å². The summed E-state index contributed by atoms with van der Waals surface area (Å²) in [6.07, 6.45) is -13.1. The van der Waals surface area contributed by atoms with Gasteiger partial charge in [-0.3, -0.25) is 4.79 Å². The highest BCUT2D eigenvalue weighted by Gasteiger charge is 2.74. The Morgan fingerprint density at radius 2 is 1.43 bits per heavy atom. The first-order valence-corrected chi connectivity index (χ1v) is 5.66. The molecule has 0 saturated heterocycles. The maximum atomic E-state index is 12.8. The fraction of sp³-hybridized carbons (Fsp3) is 0.417. The molecule has 21 heavy (non-hydrogen) atoms. The molecule has 0 heterocycles. The Morgan fingerprint density at radius 3 is 1.76 bits per heavy atom. The Kier molecular flexibility index (Phi) is 4.54. The van der Waals surface area contributed by atoms with Crippen LogP contribution in [0.15, 0.2) is 24.3 Å². The molecule has 0 spiro atoms. The van der Waals surface area contributed by atoms with Gasteiger partial charge in [-0.25, -0.2) is 4.39 Å². The number of hydrogen-bond donors (Lipinski definition) is 1. The monoisotopic (exact) mass is 317 g/mol. The number of carbonyl (C=O) groups is 1. The van der Waals surface area contributed by atoms with Crippen LogP contribution in [0.1, 0.15) is 13.3 Å². The van der Waals surface area contributed by atoms with E-state index < -0.39 is 35.9 Å². The first-order valence-electron chi connectivity index (χ1n) is 5.66. The second kappa shape index (κ2) is 5.53. The van der Waals surface area contributed by atoms with Crippen LogP contribution >= 0.6 is 0 Å². The largest absolute Gasteiger partial charge is 0.412 e. The van der Waals surface area contributed by atoms with Gasteiger partial charge < -0.3 is 5.32 Å². The van der Waals surface area contributed by atoms with E-state index in [1.807, 2.05) is 0 Å². The average Bonchev–Trinajstić information content (AvgIpc) is 2.29. The number of anilines is 1. The summed E-state index contributed by atoms with van der Waals surface area (Å²) < 4.78 is 89.7. The lowest BCUT2D eigenvalue weighted by Gasteiger charge is -2.34. The van der Waals surface area contributed by atoms with Crippen molar-refractivity contribution in [3.05, 3.63) is 30.1 Å². The van der Waals surface area contributed by atoms with Crippen LogP contribution < -0.4 is 5.32 Å². The first kappa shape index (κ1) is 17.3. The molecule has 9 heteroatoms. The topological polar surface area (TPSA) is 29.1 Å². The van der Waals surface area contributed by atoms with Gasteiger partial charge >= 0.3 is 12.4 Å². The quantitative estimate of drug-likeness (QED) is 0.828. The van der Waals surface area contributed by atoms with Crippen molar-refractivity contribution in [2.24, 2.45) is 5.41 Å². The van der Waals surface area contributed by atoms with Gasteiger partial charge in [0.1, 0.15) is 5.82 Å². The van der Waals surface area contributed by atoms with Crippen molar-refractivity contribution >= 4 is 11.6 Å². The van der Waals surface area contributed by atoms with Gasteiger partial charge in [-0.2, -0.15) is 26.3 Å². The second-order valence-corrected chi connectivity index (χ2v) is 4.22. The van der Waals surface area contributed by atoms with Crippen molar-refractivity contribution in [2.75, 3.05) is 5.32 Å². The Labute approximate surface area is 114 Å². The van der Waals surface area contributed by atoms with Crippen molar-refractivity contribution < 1.29 is 35.5 Å². The summed E-state index contributed by atoms with van der Waals surface area (Å²) >= 11 is 0. The molecule has 1 rings (SSSR count). The molecule has 0 aliphatic heterocycles. The number of alkyl halides is 6. The normalized spacial score (nSPS) is 13.1. The van der Waals surface area contributed by atoms with E-state index in [0.717, 1.165) is 24.3 Å². The van der Waals surface area contributed by atoms with Gasteiger partial charge in [0.15, 0.2) is 0 Å². The molecule has 1 aromatic rings. The second-order valence-electron chi connectivity index (χ2n) is 4.22. The Morgan fingerprint density at radius 1 is 1.00 bits per heavy atom. The van der Waals surface area contributed by atoms with Crippen LogP contribution in [0.2, 0.25) is 0 Å². The molecular weight excluding hydrogens is 307 g/mol. The zero-order chi connectivity index (χ0) is 16.5. The summed E-state index contributed by atoms with van der Waals surface area (Å²) in [5.74, 6) is -3.00. The van der Waals surface area contributed by atoms with Gasteiger partial charge in [0.25, 0.3) is 0 Å². The molecule has 0 saturated carbocycles. The number of carbonyl (C=O) groups excluding carboxylic acids is 1. The lowest BCUT2D eigenvalue weighted by molar-refractivity contribution is -0.324. The van der Waals surface area contributed by atoms with Gasteiger partial charge in [0, 0.05) is 5.69 Å². The highest BCUT2D eigenvalue weighted by atomic mass is 19.4. The highest BCUT2D eigenvalue weighted by Crippen LogP contribution is 2.53. The summed E-state index contributed by atoms with van der Waals surface area (Å²) in [7, 11) is 0. The summed E-state index contributed by atoms with van der Waals surface area (Å²) in [6.45, 7) is 0.616.